The highest BCUT2D eigenvalue weighted by molar-refractivity contribution is 8.00. The van der Waals surface area contributed by atoms with Crippen molar-refractivity contribution in [2.75, 3.05) is 0 Å². The van der Waals surface area contributed by atoms with Gasteiger partial charge in [0, 0.05) is 33.3 Å². The second-order valence-corrected chi connectivity index (χ2v) is 5.05. The summed E-state index contributed by atoms with van der Waals surface area (Å²) in [7, 11) is 13.4. The smallest absolute Gasteiger partial charge is 0.128 e. The van der Waals surface area contributed by atoms with Crippen molar-refractivity contribution in [3.8, 4) is 0 Å². The fraction of sp³-hybridized carbons (Fsp3) is 0.667. The van der Waals surface area contributed by atoms with Crippen molar-refractivity contribution >= 4 is 84.1 Å². The van der Waals surface area contributed by atoms with Gasteiger partial charge in [0.1, 0.15) is 6.49 Å². The lowest BCUT2D eigenvalue weighted by molar-refractivity contribution is -0.111. The number of carbonyl (C=O) groups excluding carboxylic acids is 1. The number of hydrogen-bond acceptors (Lipinski definition) is 1. The molecule has 0 spiro atoms. The lowest BCUT2D eigenvalue weighted by atomic mass is 8.58. The zero-order valence-corrected chi connectivity index (χ0v) is 11.3. The molecule has 15 heavy (non-hydrogen) atoms. The number of carbonyl (C=O) groups is 1. The Labute approximate surface area is 102 Å². The average Bonchev–Trinajstić information content (AvgIpc) is 2.22. The van der Waals surface area contributed by atoms with Gasteiger partial charge in [0.2, 0.25) is 0 Å². The maximum atomic E-state index is 12.0. The Morgan fingerprint density at radius 3 is 2.00 bits per heavy atom. The third-order valence-electron chi connectivity index (χ3n) is 3.75. The summed E-state index contributed by atoms with van der Waals surface area (Å²) in [5, 5.41) is 0. The predicted molar refractivity (Wildman–Crippen MR) is 95.3 cm³/mol. The normalized spacial score (nSPS) is 8.87. The standard InChI is InChI=1S/C3H17B11O/c1-2-3(15)11(12(6)7)14(10-5)13(8)9-4/h9-10H,2,4-8H2,1H3. The Morgan fingerprint density at radius 2 is 1.73 bits per heavy atom. The lowest BCUT2D eigenvalue weighted by Gasteiger charge is -2.25. The van der Waals surface area contributed by atoms with Gasteiger partial charge in [-0.05, 0) is 6.42 Å². The minimum absolute atomic E-state index is 0.273. The summed E-state index contributed by atoms with van der Waals surface area (Å²) >= 11 is 0. The van der Waals surface area contributed by atoms with Gasteiger partial charge in [-0.3, -0.25) is 0 Å². The van der Waals surface area contributed by atoms with Crippen LogP contribution >= 0.6 is 0 Å². The molecule has 0 aliphatic heterocycles. The average molecular weight is 188 g/mol. The first-order chi connectivity index (χ1) is 6.99. The highest BCUT2D eigenvalue weighted by atomic mass is 16.1. The summed E-state index contributed by atoms with van der Waals surface area (Å²) in [6.45, 7) is 2.26. The fourth-order valence-corrected chi connectivity index (χ4v) is 2.65. The van der Waals surface area contributed by atoms with E-state index in [2.05, 4.69) is 38.7 Å². The third kappa shape index (κ3) is 4.40. The maximum Gasteiger partial charge on any atom is 0.128 e. The molecular weight excluding hydrogens is 171 g/mol. The van der Waals surface area contributed by atoms with Gasteiger partial charge >= 0.3 is 0 Å². The third-order valence-corrected chi connectivity index (χ3v) is 3.75. The van der Waals surface area contributed by atoms with E-state index in [0.717, 1.165) is 7.06 Å². The van der Waals surface area contributed by atoms with Gasteiger partial charge in [-0.25, -0.2) is 0 Å². The van der Waals surface area contributed by atoms with Gasteiger partial charge in [0.15, 0.2) is 0 Å². The van der Waals surface area contributed by atoms with E-state index in [1.54, 1.807) is 0 Å². The molecule has 0 fully saturated rings. The topological polar surface area (TPSA) is 17.1 Å². The second-order valence-electron chi connectivity index (χ2n) is 5.05. The molecule has 0 amide bonds. The van der Waals surface area contributed by atoms with Crippen molar-refractivity contribution in [3.63, 3.8) is 0 Å². The van der Waals surface area contributed by atoms with Crippen molar-refractivity contribution < 1.29 is 4.79 Å². The maximum absolute atomic E-state index is 12.0. The fourth-order valence-electron chi connectivity index (χ4n) is 2.65. The van der Waals surface area contributed by atoms with Gasteiger partial charge in [0.25, 0.3) is 0 Å². The molecule has 0 aromatic heterocycles. The predicted octanol–water partition coefficient (Wildman–Crippen LogP) is -6.93. The highest BCUT2D eigenvalue weighted by Gasteiger charge is 2.37. The zero-order valence-electron chi connectivity index (χ0n) is 11.3. The van der Waals surface area contributed by atoms with Crippen molar-refractivity contribution in [1.82, 2.24) is 0 Å². The largest absolute Gasteiger partial charge is 0.313 e. The number of hydrogen-bond donors (Lipinski definition) is 0. The van der Waals surface area contributed by atoms with Crippen LogP contribution in [0.15, 0.2) is 0 Å². The molecule has 0 unspecified atom stereocenters. The van der Waals surface area contributed by atoms with Crippen LogP contribution in [-0.2, 0) is 4.79 Å². The quantitative estimate of drug-likeness (QED) is 0.363. The van der Waals surface area contributed by atoms with Gasteiger partial charge in [-0.1, -0.05) is 6.92 Å². The van der Waals surface area contributed by atoms with E-state index in [-0.39, 0.29) is 6.49 Å². The van der Waals surface area contributed by atoms with E-state index >= 15 is 0 Å². The Bertz CT molecular complexity index is 194. The summed E-state index contributed by atoms with van der Waals surface area (Å²) in [5.74, 6) is 0. The van der Waals surface area contributed by atoms with Gasteiger partial charge in [-0.2, -0.15) is 0 Å². The van der Waals surface area contributed by atoms with Crippen molar-refractivity contribution in [3.05, 3.63) is 0 Å². The van der Waals surface area contributed by atoms with E-state index in [0.29, 0.717) is 31.3 Å². The molecule has 0 radical (unpaired) electrons. The minimum Gasteiger partial charge on any atom is -0.313 e. The molecule has 0 aromatic carbocycles. The summed E-state index contributed by atoms with van der Waals surface area (Å²) in [6, 6.07) is 0. The molecule has 0 heterocycles. The van der Waals surface area contributed by atoms with E-state index in [9.17, 15) is 4.79 Å². The Morgan fingerprint density at radius 1 is 1.20 bits per heavy atom. The molecule has 0 aliphatic carbocycles. The van der Waals surface area contributed by atoms with Crippen LogP contribution in [0.4, 0.5) is 0 Å². The first-order valence-electron chi connectivity index (χ1n) is 6.52. The molecule has 0 aromatic rings. The van der Waals surface area contributed by atoms with Gasteiger partial charge < -0.3 is 4.79 Å². The first-order valence-corrected chi connectivity index (χ1v) is 6.52. The summed E-state index contributed by atoms with van der Waals surface area (Å²) < 4.78 is 0. The van der Waals surface area contributed by atoms with Crippen molar-refractivity contribution in [2.45, 2.75) is 13.3 Å². The van der Waals surface area contributed by atoms with E-state index in [4.69, 9.17) is 0 Å². The lowest BCUT2D eigenvalue weighted by Crippen LogP contribution is -2.67. The van der Waals surface area contributed by atoms with Gasteiger partial charge in [0.05, 0.1) is 44.4 Å². The molecule has 0 rings (SSSR count). The zero-order chi connectivity index (χ0) is 12.0. The molecule has 0 atom stereocenters. The van der Waals surface area contributed by atoms with Crippen LogP contribution in [0.1, 0.15) is 13.3 Å². The van der Waals surface area contributed by atoms with Crippen molar-refractivity contribution in [2.24, 2.45) is 0 Å². The monoisotopic (exact) mass is 190 g/mol. The molecule has 12 heteroatoms. The Balaban J connectivity index is 4.77. The summed E-state index contributed by atoms with van der Waals surface area (Å²) in [6.07, 6.45) is 2.41. The second kappa shape index (κ2) is 7.62. The van der Waals surface area contributed by atoms with Crippen LogP contribution in [0.25, 0.3) is 0 Å². The molecule has 68 valence electrons. The molecule has 0 N–H and O–H groups in total. The van der Waals surface area contributed by atoms with Crippen LogP contribution in [0, 0.1) is 0 Å². The molecule has 0 saturated heterocycles. The van der Waals surface area contributed by atoms with Crippen LogP contribution in [-0.4, -0.2) is 84.1 Å². The minimum atomic E-state index is 0.273. The Hall–Kier alpha value is 0.384. The van der Waals surface area contributed by atoms with Crippen LogP contribution in [0.3, 0.4) is 0 Å². The first kappa shape index (κ1) is 15.4. The van der Waals surface area contributed by atoms with E-state index in [1.807, 2.05) is 6.92 Å². The van der Waals surface area contributed by atoms with Gasteiger partial charge in [-0.15, -0.1) is 0 Å². The molecule has 0 aliphatic rings. The van der Waals surface area contributed by atoms with Crippen LogP contribution < -0.4 is 0 Å². The van der Waals surface area contributed by atoms with Crippen LogP contribution in [0.2, 0.25) is 0 Å². The molecule has 0 saturated carbocycles. The summed E-state index contributed by atoms with van der Waals surface area (Å²) in [4.78, 5) is 12.0. The van der Waals surface area contributed by atoms with Crippen molar-refractivity contribution in [1.29, 1.82) is 0 Å². The Kier molecular flexibility index (Phi) is 7.82. The molecule has 1 nitrogen and oxygen atoms in total. The van der Waals surface area contributed by atoms with E-state index < -0.39 is 0 Å². The summed E-state index contributed by atoms with van der Waals surface area (Å²) in [5.41, 5.74) is 0.456. The van der Waals surface area contributed by atoms with E-state index in [1.165, 1.54) is 7.06 Å². The van der Waals surface area contributed by atoms with Crippen LogP contribution in [0.5, 0.6) is 0 Å². The number of rotatable bonds is 7. The highest BCUT2D eigenvalue weighted by Crippen LogP contribution is 1.98. The molecule has 0 bridgehead atoms. The SMILES string of the molecule is BBB(B)B(BB)B(B(B)B)C(=O)CC. The molecular formula is C3H17B11O.